The van der Waals surface area contributed by atoms with Crippen LogP contribution in [0, 0.1) is 0 Å². The van der Waals surface area contributed by atoms with Gasteiger partial charge in [0.15, 0.2) is 12.3 Å². The zero-order chi connectivity index (χ0) is 17.8. The lowest BCUT2D eigenvalue weighted by Crippen LogP contribution is -3.09. The van der Waals surface area contributed by atoms with Crippen molar-refractivity contribution in [1.82, 2.24) is 10.6 Å². The van der Waals surface area contributed by atoms with Crippen molar-refractivity contribution in [1.29, 1.82) is 0 Å². The number of imide groups is 1. The highest BCUT2D eigenvalue weighted by Gasteiger charge is 2.24. The molecular formula is C18H21ClN3O3+. The van der Waals surface area contributed by atoms with Crippen LogP contribution < -0.4 is 15.5 Å². The molecule has 1 saturated carbocycles. The molecule has 7 heteroatoms. The molecule has 25 heavy (non-hydrogen) atoms. The summed E-state index contributed by atoms with van der Waals surface area (Å²) in [6, 6.07) is 11.0. The number of nitrogens with one attached hydrogen (secondary N) is 3. The van der Waals surface area contributed by atoms with Crippen LogP contribution in [0.1, 0.15) is 18.6 Å². The average molecular weight is 363 g/mol. The fourth-order valence-electron chi connectivity index (χ4n) is 2.50. The number of amides is 3. The van der Waals surface area contributed by atoms with Gasteiger partial charge in [0.1, 0.15) is 12.3 Å². The summed E-state index contributed by atoms with van der Waals surface area (Å²) in [5.74, 6) is 1.23. The van der Waals surface area contributed by atoms with Gasteiger partial charge in [-0.05, 0) is 49.2 Å². The number of carbonyl (C=O) groups is 2. The molecule has 3 rings (SSSR count). The first kappa shape index (κ1) is 17.5. The predicted molar refractivity (Wildman–Crippen MR) is 94.3 cm³/mol. The van der Waals surface area contributed by atoms with Crippen molar-refractivity contribution >= 4 is 23.5 Å². The van der Waals surface area contributed by atoms with Crippen molar-refractivity contribution in [3.05, 3.63) is 47.2 Å². The Morgan fingerprint density at radius 1 is 1.20 bits per heavy atom. The average Bonchev–Trinajstić information content (AvgIpc) is 3.23. The van der Waals surface area contributed by atoms with E-state index >= 15 is 0 Å². The van der Waals surface area contributed by atoms with Crippen LogP contribution in [-0.2, 0) is 11.3 Å². The maximum atomic E-state index is 11.9. The molecule has 0 saturated heterocycles. The normalized spacial score (nSPS) is 14.8. The fourth-order valence-corrected chi connectivity index (χ4v) is 2.62. The lowest BCUT2D eigenvalue weighted by molar-refractivity contribution is -0.886. The first-order valence-corrected chi connectivity index (χ1v) is 8.63. The quantitative estimate of drug-likeness (QED) is 0.730. The summed E-state index contributed by atoms with van der Waals surface area (Å²) >= 11 is 5.89. The Balaban J connectivity index is 1.49. The van der Waals surface area contributed by atoms with Gasteiger partial charge in [-0.3, -0.25) is 10.1 Å². The molecule has 132 valence electrons. The van der Waals surface area contributed by atoms with Crippen molar-refractivity contribution in [2.45, 2.75) is 25.4 Å². The number of rotatable bonds is 6. The minimum Gasteiger partial charge on any atom is -0.455 e. The van der Waals surface area contributed by atoms with Crippen molar-refractivity contribution in [2.24, 2.45) is 0 Å². The van der Waals surface area contributed by atoms with Crippen LogP contribution >= 0.6 is 11.6 Å². The van der Waals surface area contributed by atoms with Crippen LogP contribution in [0.3, 0.4) is 0 Å². The molecule has 1 heterocycles. The van der Waals surface area contributed by atoms with Gasteiger partial charge in [-0.25, -0.2) is 4.79 Å². The summed E-state index contributed by atoms with van der Waals surface area (Å²) in [7, 11) is 1.88. The standard InChI is InChI=1S/C18H20ClN3O3/c1-22(11-17(23)21-18(24)20-14-6-7-14)10-15-8-9-16(25-15)12-2-4-13(19)5-3-12/h2-5,8-9,14H,6-7,10-11H2,1H3,(H2,20,21,23,24)/p+1. The van der Waals surface area contributed by atoms with Gasteiger partial charge in [-0.1, -0.05) is 11.6 Å². The molecule has 0 aliphatic heterocycles. The SMILES string of the molecule is C[NH+](CC(=O)NC(=O)NC1CC1)Cc1ccc(-c2ccc(Cl)cc2)o1. The number of carbonyl (C=O) groups excluding carboxylic acids is 2. The van der Waals surface area contributed by atoms with Crippen LogP contribution in [0.2, 0.25) is 5.02 Å². The number of hydrogen-bond donors (Lipinski definition) is 3. The molecule has 0 spiro atoms. The van der Waals surface area contributed by atoms with E-state index in [1.165, 1.54) is 0 Å². The molecule has 1 unspecified atom stereocenters. The van der Waals surface area contributed by atoms with Crippen molar-refractivity contribution in [3.8, 4) is 11.3 Å². The molecular weight excluding hydrogens is 342 g/mol. The molecule has 1 aromatic carbocycles. The Morgan fingerprint density at radius 3 is 2.60 bits per heavy atom. The molecule has 2 aromatic rings. The molecule has 1 aromatic heterocycles. The predicted octanol–water partition coefficient (Wildman–Crippen LogP) is 1.60. The zero-order valence-corrected chi connectivity index (χ0v) is 14.7. The number of hydrogen-bond acceptors (Lipinski definition) is 3. The third-order valence-corrected chi connectivity index (χ3v) is 4.15. The van der Waals surface area contributed by atoms with Crippen LogP contribution in [0.15, 0.2) is 40.8 Å². The minimum atomic E-state index is -0.414. The van der Waals surface area contributed by atoms with Gasteiger partial charge in [-0.15, -0.1) is 0 Å². The van der Waals surface area contributed by atoms with E-state index in [1.807, 2.05) is 43.4 Å². The molecule has 3 amide bonds. The molecule has 1 fully saturated rings. The summed E-state index contributed by atoms with van der Waals surface area (Å²) < 4.78 is 5.83. The highest BCUT2D eigenvalue weighted by molar-refractivity contribution is 6.30. The summed E-state index contributed by atoms with van der Waals surface area (Å²) in [4.78, 5) is 24.4. The molecule has 1 aliphatic rings. The summed E-state index contributed by atoms with van der Waals surface area (Å²) in [5, 5.41) is 5.75. The first-order valence-electron chi connectivity index (χ1n) is 8.26. The van der Waals surface area contributed by atoms with Gasteiger partial charge < -0.3 is 14.6 Å². The minimum absolute atomic E-state index is 0.190. The number of benzene rings is 1. The van der Waals surface area contributed by atoms with Crippen molar-refractivity contribution in [3.63, 3.8) is 0 Å². The number of halogens is 1. The second-order valence-corrected chi connectivity index (χ2v) is 6.82. The van der Waals surface area contributed by atoms with E-state index in [0.29, 0.717) is 11.6 Å². The van der Waals surface area contributed by atoms with E-state index in [1.54, 1.807) is 0 Å². The van der Waals surface area contributed by atoms with E-state index in [2.05, 4.69) is 10.6 Å². The van der Waals surface area contributed by atoms with Gasteiger partial charge in [-0.2, -0.15) is 0 Å². The van der Waals surface area contributed by atoms with Gasteiger partial charge in [0, 0.05) is 16.6 Å². The van der Waals surface area contributed by atoms with Gasteiger partial charge in [0.25, 0.3) is 5.91 Å². The molecule has 3 N–H and O–H groups in total. The number of quaternary nitrogens is 1. The third kappa shape index (κ3) is 5.34. The van der Waals surface area contributed by atoms with E-state index in [-0.39, 0.29) is 18.5 Å². The lowest BCUT2D eigenvalue weighted by Gasteiger charge is -2.12. The third-order valence-electron chi connectivity index (χ3n) is 3.89. The lowest BCUT2D eigenvalue weighted by atomic mass is 10.2. The monoisotopic (exact) mass is 362 g/mol. The summed E-state index contributed by atoms with van der Waals surface area (Å²) in [6.07, 6.45) is 1.97. The van der Waals surface area contributed by atoms with E-state index in [4.69, 9.17) is 16.0 Å². The molecule has 0 radical (unpaired) electrons. The van der Waals surface area contributed by atoms with Crippen molar-refractivity contribution < 1.29 is 18.9 Å². The second-order valence-electron chi connectivity index (χ2n) is 6.38. The molecule has 1 aliphatic carbocycles. The Hall–Kier alpha value is -2.31. The summed E-state index contributed by atoms with van der Waals surface area (Å²) in [5.41, 5.74) is 0.947. The van der Waals surface area contributed by atoms with Crippen LogP contribution in [0.4, 0.5) is 4.79 Å². The number of urea groups is 1. The smallest absolute Gasteiger partial charge is 0.321 e. The zero-order valence-electron chi connectivity index (χ0n) is 14.0. The Kier molecular flexibility index (Phi) is 5.40. The van der Waals surface area contributed by atoms with Crippen LogP contribution in [0.5, 0.6) is 0 Å². The van der Waals surface area contributed by atoms with E-state index < -0.39 is 6.03 Å². The Bertz CT molecular complexity index is 753. The molecule has 6 nitrogen and oxygen atoms in total. The van der Waals surface area contributed by atoms with Gasteiger partial charge in [0.2, 0.25) is 0 Å². The molecule has 1 atom stereocenters. The maximum Gasteiger partial charge on any atom is 0.321 e. The summed E-state index contributed by atoms with van der Waals surface area (Å²) in [6.45, 7) is 0.736. The molecule has 0 bridgehead atoms. The second kappa shape index (κ2) is 7.72. The van der Waals surface area contributed by atoms with E-state index in [9.17, 15) is 9.59 Å². The Labute approximate surface area is 151 Å². The topological polar surface area (TPSA) is 75.8 Å². The Morgan fingerprint density at radius 2 is 1.92 bits per heavy atom. The van der Waals surface area contributed by atoms with Crippen molar-refractivity contribution in [2.75, 3.05) is 13.6 Å². The maximum absolute atomic E-state index is 11.9. The van der Waals surface area contributed by atoms with Crippen LogP contribution in [-0.4, -0.2) is 31.6 Å². The van der Waals surface area contributed by atoms with Gasteiger partial charge >= 0.3 is 6.03 Å². The first-order chi connectivity index (χ1) is 12.0. The van der Waals surface area contributed by atoms with Crippen LogP contribution in [0.25, 0.3) is 11.3 Å². The largest absolute Gasteiger partial charge is 0.455 e. The number of furan rings is 1. The van der Waals surface area contributed by atoms with Gasteiger partial charge in [0.05, 0.1) is 7.05 Å². The number of likely N-dealkylation sites (N-methyl/N-ethyl adjacent to an activating group) is 1. The highest BCUT2D eigenvalue weighted by Crippen LogP contribution is 2.23. The van der Waals surface area contributed by atoms with E-state index in [0.717, 1.165) is 34.8 Å². The fraction of sp³-hybridized carbons (Fsp3) is 0.333. The highest BCUT2D eigenvalue weighted by atomic mass is 35.5.